The van der Waals surface area contributed by atoms with Gasteiger partial charge in [0.25, 0.3) is 0 Å². The first-order valence-electron chi connectivity index (χ1n) is 7.83. The molecule has 1 heterocycles. The van der Waals surface area contributed by atoms with Crippen molar-refractivity contribution in [1.82, 2.24) is 0 Å². The summed E-state index contributed by atoms with van der Waals surface area (Å²) in [6.07, 6.45) is 0. The third-order valence-electron chi connectivity index (χ3n) is 3.17. The van der Waals surface area contributed by atoms with Crippen LogP contribution in [0.1, 0.15) is 34.6 Å². The Balaban J connectivity index is 0.00000109. The summed E-state index contributed by atoms with van der Waals surface area (Å²) in [4.78, 5) is 24.3. The molecular weight excluding hydrogens is 336 g/mol. The zero-order chi connectivity index (χ0) is 18.2. The first-order valence-corrected chi connectivity index (χ1v) is 8.71. The van der Waals surface area contributed by atoms with Crippen LogP contribution in [0.25, 0.3) is 0 Å². The largest absolute Gasteiger partial charge is 0.508 e. The smallest absolute Gasteiger partial charge is 0.233 e. The van der Waals surface area contributed by atoms with E-state index in [2.05, 4.69) is 0 Å². The Hall–Kier alpha value is -2.92. The molecule has 0 bridgehead atoms. The molecule has 0 aliphatic carbocycles. The summed E-state index contributed by atoms with van der Waals surface area (Å²) in [7, 11) is 0. The summed E-state index contributed by atoms with van der Waals surface area (Å²) in [5.41, 5.74) is 0.535. The highest BCUT2D eigenvalue weighted by atomic mass is 32.1. The number of hydrogen-bond donors (Lipinski definition) is 1. The number of carbonyl (C=O) groups is 2. The van der Waals surface area contributed by atoms with E-state index < -0.39 is 11.6 Å². The lowest BCUT2D eigenvalue weighted by Crippen LogP contribution is -2.14. The number of Topliss-reactive ketones (excluding diaryl/α,β-unsaturated/α-hetero) is 2. The second kappa shape index (κ2) is 8.80. The van der Waals surface area contributed by atoms with Crippen molar-refractivity contribution < 1.29 is 19.4 Å². The lowest BCUT2D eigenvalue weighted by molar-refractivity contribution is 0.0817. The van der Waals surface area contributed by atoms with Gasteiger partial charge in [-0.05, 0) is 66.0 Å². The molecule has 0 saturated carbocycles. The van der Waals surface area contributed by atoms with Crippen molar-refractivity contribution in [3.05, 3.63) is 77.2 Å². The molecule has 3 aromatic rings. The molecule has 0 radical (unpaired) electrons. The van der Waals surface area contributed by atoms with E-state index in [0.717, 1.165) is 5.06 Å². The van der Waals surface area contributed by atoms with Crippen LogP contribution in [-0.2, 0) is 0 Å². The summed E-state index contributed by atoms with van der Waals surface area (Å²) in [6.45, 7) is 4.00. The van der Waals surface area contributed by atoms with Gasteiger partial charge in [-0.1, -0.05) is 13.8 Å². The van der Waals surface area contributed by atoms with Crippen LogP contribution in [0.15, 0.2) is 66.0 Å². The number of aromatic hydroxyl groups is 1. The van der Waals surface area contributed by atoms with Gasteiger partial charge in [0, 0.05) is 11.1 Å². The number of phenolic OH excluding ortho intramolecular Hbond substituents is 1. The van der Waals surface area contributed by atoms with E-state index in [1.807, 2.05) is 31.4 Å². The van der Waals surface area contributed by atoms with Crippen molar-refractivity contribution in [2.45, 2.75) is 13.8 Å². The maximum atomic E-state index is 12.2. The predicted molar refractivity (Wildman–Crippen MR) is 99.0 cm³/mol. The van der Waals surface area contributed by atoms with Gasteiger partial charge in [-0.25, -0.2) is 0 Å². The van der Waals surface area contributed by atoms with Crippen LogP contribution in [0.4, 0.5) is 0 Å². The molecule has 25 heavy (non-hydrogen) atoms. The predicted octanol–water partition coefficient (Wildman–Crippen LogP) is 5.34. The Labute approximate surface area is 150 Å². The standard InChI is InChI=1S/C18H12O4S.C2H6/c19-14-7-3-12(4-8-14)17(20)18(21)13-5-9-15(10-6-13)22-16-2-1-11-23-16;1-2/h1-11,19H;1-2H3. The normalized spacial score (nSPS) is 9.68. The molecule has 0 aliphatic rings. The lowest BCUT2D eigenvalue weighted by atomic mass is 10.0. The minimum absolute atomic E-state index is 0.0454. The SMILES string of the molecule is CC.O=C(C(=O)c1ccc(Oc2cccs2)cc1)c1ccc(O)cc1. The van der Waals surface area contributed by atoms with Gasteiger partial charge in [0.1, 0.15) is 11.5 Å². The average Bonchev–Trinajstić information content (AvgIpc) is 3.16. The second-order valence-corrected chi connectivity index (χ2v) is 5.67. The molecule has 0 saturated heterocycles. The molecule has 0 amide bonds. The fourth-order valence-corrected chi connectivity index (χ4v) is 2.58. The van der Waals surface area contributed by atoms with E-state index in [-0.39, 0.29) is 11.3 Å². The Morgan fingerprint density at radius 2 is 1.36 bits per heavy atom. The zero-order valence-corrected chi connectivity index (χ0v) is 14.7. The van der Waals surface area contributed by atoms with Crippen molar-refractivity contribution in [2.24, 2.45) is 0 Å². The van der Waals surface area contributed by atoms with Crippen LogP contribution in [0, 0.1) is 0 Å². The van der Waals surface area contributed by atoms with E-state index in [1.54, 1.807) is 24.3 Å². The van der Waals surface area contributed by atoms with Gasteiger partial charge >= 0.3 is 0 Å². The number of ketones is 2. The molecule has 4 nitrogen and oxygen atoms in total. The lowest BCUT2D eigenvalue weighted by Gasteiger charge is -2.04. The Morgan fingerprint density at radius 1 is 0.840 bits per heavy atom. The van der Waals surface area contributed by atoms with E-state index in [4.69, 9.17) is 4.74 Å². The van der Waals surface area contributed by atoms with Crippen molar-refractivity contribution in [1.29, 1.82) is 0 Å². The molecule has 128 valence electrons. The molecule has 0 aliphatic heterocycles. The number of carbonyl (C=O) groups excluding carboxylic acids is 2. The fraction of sp³-hybridized carbons (Fsp3) is 0.100. The maximum Gasteiger partial charge on any atom is 0.233 e. The van der Waals surface area contributed by atoms with Gasteiger partial charge in [0.15, 0.2) is 5.06 Å². The van der Waals surface area contributed by atoms with Crippen LogP contribution in [-0.4, -0.2) is 16.7 Å². The maximum absolute atomic E-state index is 12.2. The molecule has 1 aromatic heterocycles. The third kappa shape index (κ3) is 4.78. The first kappa shape index (κ1) is 18.4. The van der Waals surface area contributed by atoms with Crippen LogP contribution in [0.2, 0.25) is 0 Å². The first-order chi connectivity index (χ1) is 12.1. The second-order valence-electron chi connectivity index (χ2n) is 4.76. The van der Waals surface area contributed by atoms with Gasteiger partial charge in [-0.2, -0.15) is 0 Å². The molecule has 0 atom stereocenters. The van der Waals surface area contributed by atoms with Gasteiger partial charge in [0.05, 0.1) is 0 Å². The molecule has 0 spiro atoms. The number of ether oxygens (including phenoxy) is 1. The average molecular weight is 354 g/mol. The number of thiophene rings is 1. The zero-order valence-electron chi connectivity index (χ0n) is 13.9. The minimum atomic E-state index is -0.614. The summed E-state index contributed by atoms with van der Waals surface area (Å²) in [5.74, 6) is -0.569. The number of phenols is 1. The molecule has 0 fully saturated rings. The van der Waals surface area contributed by atoms with Crippen LogP contribution in [0.5, 0.6) is 16.6 Å². The number of benzene rings is 2. The summed E-state index contributed by atoms with van der Waals surface area (Å²) < 4.78 is 5.61. The molecule has 2 aromatic carbocycles. The summed E-state index contributed by atoms with van der Waals surface area (Å²) >= 11 is 1.47. The van der Waals surface area contributed by atoms with Gasteiger partial charge in [-0.15, -0.1) is 11.3 Å². The number of rotatable bonds is 5. The highest BCUT2D eigenvalue weighted by Crippen LogP contribution is 2.26. The van der Waals surface area contributed by atoms with Crippen molar-refractivity contribution >= 4 is 22.9 Å². The van der Waals surface area contributed by atoms with E-state index in [1.165, 1.54) is 35.6 Å². The Kier molecular flexibility index (Phi) is 6.48. The molecular formula is C20H18O4S. The van der Waals surface area contributed by atoms with Gasteiger partial charge in [-0.3, -0.25) is 9.59 Å². The Morgan fingerprint density at radius 3 is 1.84 bits per heavy atom. The minimum Gasteiger partial charge on any atom is -0.508 e. The van der Waals surface area contributed by atoms with Crippen LogP contribution in [0.3, 0.4) is 0 Å². The topological polar surface area (TPSA) is 63.6 Å². The van der Waals surface area contributed by atoms with Crippen molar-refractivity contribution in [3.63, 3.8) is 0 Å². The highest BCUT2D eigenvalue weighted by Gasteiger charge is 2.18. The molecule has 0 unspecified atom stereocenters. The molecule has 3 rings (SSSR count). The van der Waals surface area contributed by atoms with Crippen LogP contribution >= 0.6 is 11.3 Å². The number of hydrogen-bond acceptors (Lipinski definition) is 5. The quantitative estimate of drug-likeness (QED) is 0.496. The third-order valence-corrected chi connectivity index (χ3v) is 3.91. The van der Waals surface area contributed by atoms with Crippen molar-refractivity contribution in [2.75, 3.05) is 0 Å². The van der Waals surface area contributed by atoms with Crippen molar-refractivity contribution in [3.8, 4) is 16.6 Å². The summed E-state index contributed by atoms with van der Waals surface area (Å²) in [6, 6.07) is 15.7. The van der Waals surface area contributed by atoms with E-state index in [9.17, 15) is 14.7 Å². The Bertz CT molecular complexity index is 819. The van der Waals surface area contributed by atoms with Crippen LogP contribution < -0.4 is 4.74 Å². The summed E-state index contributed by atoms with van der Waals surface area (Å²) in [5, 5.41) is 11.9. The van der Waals surface area contributed by atoms with E-state index in [0.29, 0.717) is 11.3 Å². The monoisotopic (exact) mass is 354 g/mol. The van der Waals surface area contributed by atoms with Gasteiger partial charge < -0.3 is 9.84 Å². The molecule has 1 N–H and O–H groups in total. The van der Waals surface area contributed by atoms with E-state index >= 15 is 0 Å². The highest BCUT2D eigenvalue weighted by molar-refractivity contribution is 7.11. The molecule has 5 heteroatoms. The van der Waals surface area contributed by atoms with Gasteiger partial charge in [0.2, 0.25) is 11.6 Å². The fourth-order valence-electron chi connectivity index (χ4n) is 1.99.